The van der Waals surface area contributed by atoms with Gasteiger partial charge in [0.1, 0.15) is 40.3 Å². The summed E-state index contributed by atoms with van der Waals surface area (Å²) in [6.45, 7) is 8.13. The number of imidazole rings is 1. The molecule has 1 fully saturated rings. The van der Waals surface area contributed by atoms with E-state index < -0.39 is 38.5 Å². The number of hydrogen-bond acceptors (Lipinski definition) is 11. The number of aromatic nitrogens is 4. The molecular formula is C27H34B2N7O6P. The molecule has 1 aromatic carbocycles. The minimum absolute atomic E-state index is 0.0132. The van der Waals surface area contributed by atoms with Gasteiger partial charge in [0.15, 0.2) is 23.2 Å². The van der Waals surface area contributed by atoms with Crippen LogP contribution in [0.25, 0.3) is 11.2 Å². The van der Waals surface area contributed by atoms with Gasteiger partial charge >= 0.3 is 0 Å². The Morgan fingerprint density at radius 3 is 2.51 bits per heavy atom. The number of nitriles is 1. The highest BCUT2D eigenvalue weighted by molar-refractivity contribution is 7.44. The summed E-state index contributed by atoms with van der Waals surface area (Å²) in [6.07, 6.45) is -1.21. The Hall–Kier alpha value is -2.95. The maximum absolute atomic E-state index is 12.8. The van der Waals surface area contributed by atoms with E-state index in [1.165, 1.54) is 19.8 Å². The van der Waals surface area contributed by atoms with Crippen molar-refractivity contribution in [2.45, 2.75) is 76.1 Å². The van der Waals surface area contributed by atoms with Crippen molar-refractivity contribution in [3.8, 4) is 6.07 Å². The average Bonchev–Trinajstić information content (AvgIpc) is 3.55. The van der Waals surface area contributed by atoms with E-state index in [0.29, 0.717) is 16.7 Å². The number of nitrogens with zero attached hydrogens (tertiary/aromatic N) is 6. The zero-order valence-corrected chi connectivity index (χ0v) is 25.6. The van der Waals surface area contributed by atoms with E-state index in [-0.39, 0.29) is 36.8 Å². The van der Waals surface area contributed by atoms with Crippen LogP contribution in [0.15, 0.2) is 43.0 Å². The molecule has 224 valence electrons. The first-order chi connectivity index (χ1) is 20.5. The summed E-state index contributed by atoms with van der Waals surface area (Å²) in [7, 11) is 11.7. The van der Waals surface area contributed by atoms with E-state index in [1.54, 1.807) is 28.8 Å². The molecule has 2 N–H and O–H groups in total. The van der Waals surface area contributed by atoms with E-state index in [1.807, 2.05) is 38.4 Å². The Kier molecular flexibility index (Phi) is 10.9. The largest absolute Gasteiger partial charge is 0.406 e. The zero-order valence-electron chi connectivity index (χ0n) is 24.7. The molecule has 0 spiro atoms. The molecule has 0 aliphatic carbocycles. The van der Waals surface area contributed by atoms with Crippen molar-refractivity contribution in [2.75, 3.05) is 19.0 Å². The predicted octanol–water partition coefficient (Wildman–Crippen LogP) is 2.64. The Bertz CT molecular complexity index is 1410. The van der Waals surface area contributed by atoms with Crippen molar-refractivity contribution < 1.29 is 28.4 Å². The highest BCUT2D eigenvalue weighted by atomic mass is 31.2. The highest BCUT2D eigenvalue weighted by Crippen LogP contribution is 2.51. The minimum atomic E-state index is -2.33. The van der Waals surface area contributed by atoms with E-state index in [0.717, 1.165) is 0 Å². The molecule has 4 radical (unpaired) electrons. The first-order valence-electron chi connectivity index (χ1n) is 13.7. The van der Waals surface area contributed by atoms with Crippen LogP contribution in [0.2, 0.25) is 0 Å². The molecule has 0 bridgehead atoms. The SMILES string of the molecule is [B]C([B])(O)C1OC(n2cnc3c(NC(=O)c4ccccc4)ncnc32)C(OC)C1OP(OCCC#N)N(C(C)C)C(C)C. The molecule has 3 heterocycles. The van der Waals surface area contributed by atoms with Gasteiger partial charge in [0, 0.05) is 30.2 Å². The molecule has 16 heteroatoms. The second-order valence-corrected chi connectivity index (χ2v) is 11.9. The normalized spacial score (nSPS) is 21.5. The van der Waals surface area contributed by atoms with E-state index >= 15 is 0 Å². The lowest BCUT2D eigenvalue weighted by molar-refractivity contribution is -0.0756. The number of fused-ring (bicyclic) bond motifs is 1. The smallest absolute Gasteiger partial charge is 0.259 e. The van der Waals surface area contributed by atoms with Gasteiger partial charge in [-0.1, -0.05) is 18.2 Å². The van der Waals surface area contributed by atoms with Crippen LogP contribution in [-0.4, -0.2) is 100 Å². The molecule has 2 aromatic heterocycles. The molecular weight excluding hydrogens is 571 g/mol. The Morgan fingerprint density at radius 2 is 1.91 bits per heavy atom. The molecule has 4 rings (SSSR count). The Morgan fingerprint density at radius 1 is 1.21 bits per heavy atom. The van der Waals surface area contributed by atoms with Crippen LogP contribution in [0, 0.1) is 11.3 Å². The summed E-state index contributed by atoms with van der Waals surface area (Å²) >= 11 is 0. The van der Waals surface area contributed by atoms with Gasteiger partial charge in [-0.2, -0.15) is 5.26 Å². The lowest BCUT2D eigenvalue weighted by Crippen LogP contribution is -2.51. The number of carbonyl (C=O) groups is 1. The molecule has 1 aliphatic heterocycles. The maximum atomic E-state index is 12.8. The Labute approximate surface area is 254 Å². The predicted molar refractivity (Wildman–Crippen MR) is 161 cm³/mol. The average molecular weight is 605 g/mol. The Balaban J connectivity index is 1.68. The molecule has 0 saturated carbocycles. The first-order valence-corrected chi connectivity index (χ1v) is 14.9. The number of benzene rings is 1. The van der Waals surface area contributed by atoms with Crippen LogP contribution in [0.3, 0.4) is 0 Å². The maximum Gasteiger partial charge on any atom is 0.259 e. The van der Waals surface area contributed by atoms with Crippen molar-refractivity contribution in [3.63, 3.8) is 0 Å². The van der Waals surface area contributed by atoms with Gasteiger partial charge in [-0.3, -0.25) is 9.36 Å². The standard InChI is InChI=1S/C27H34B2N7O6P/c1-16(2)36(17(3)4)43(40-13-9-12-30)42-20-21(39-5)26(41-22(20)27(28,29)38)35-15-33-19-23(31-14-32-24(19)35)34-25(37)18-10-7-6-8-11-18/h6-8,10-11,14-17,20-22,26,38H,9,13H2,1-5H3,(H,31,32,34,37). The molecule has 5 atom stereocenters. The van der Waals surface area contributed by atoms with Gasteiger partial charge in [-0.05, 0) is 39.8 Å². The van der Waals surface area contributed by atoms with Gasteiger partial charge in [-0.25, -0.2) is 19.6 Å². The summed E-state index contributed by atoms with van der Waals surface area (Å²) in [5.41, 5.74) is 1.07. The third kappa shape index (κ3) is 7.41. The third-order valence-electron chi connectivity index (χ3n) is 6.69. The zero-order chi connectivity index (χ0) is 31.3. The summed E-state index contributed by atoms with van der Waals surface area (Å²) in [5.74, 6) is -0.168. The molecule has 1 aliphatic rings. The van der Waals surface area contributed by atoms with Gasteiger partial charge in [0.25, 0.3) is 14.4 Å². The van der Waals surface area contributed by atoms with Crippen molar-refractivity contribution in [2.24, 2.45) is 0 Å². The van der Waals surface area contributed by atoms with Gasteiger partial charge < -0.3 is 28.9 Å². The fourth-order valence-corrected chi connectivity index (χ4v) is 6.64. The van der Waals surface area contributed by atoms with Crippen LogP contribution in [0.5, 0.6) is 0 Å². The minimum Gasteiger partial charge on any atom is -0.406 e. The topological polar surface area (TPSA) is 157 Å². The number of methoxy groups -OCH3 is 1. The fourth-order valence-electron chi connectivity index (χ4n) is 4.90. The van der Waals surface area contributed by atoms with Crippen LogP contribution in [0.1, 0.15) is 50.7 Å². The lowest BCUT2D eigenvalue weighted by Gasteiger charge is -2.39. The summed E-state index contributed by atoms with van der Waals surface area (Å²) in [5, 5.41) is 20.3. The number of anilines is 1. The second kappa shape index (κ2) is 14.2. The summed E-state index contributed by atoms with van der Waals surface area (Å²) in [6, 6.07) is 10.8. The van der Waals surface area contributed by atoms with E-state index in [2.05, 4.69) is 26.3 Å². The number of rotatable bonds is 13. The lowest BCUT2D eigenvalue weighted by atomic mass is 9.61. The number of carbonyl (C=O) groups excluding carboxylic acids is 1. The van der Waals surface area contributed by atoms with Gasteiger partial charge in [-0.15, -0.1) is 0 Å². The number of ether oxygens (including phenoxy) is 2. The van der Waals surface area contributed by atoms with Crippen molar-refractivity contribution >= 4 is 47.1 Å². The number of nitrogens with one attached hydrogen (secondary N) is 1. The van der Waals surface area contributed by atoms with Crippen molar-refractivity contribution in [3.05, 3.63) is 48.5 Å². The quantitative estimate of drug-likeness (QED) is 0.168. The van der Waals surface area contributed by atoms with Crippen LogP contribution < -0.4 is 5.32 Å². The molecule has 43 heavy (non-hydrogen) atoms. The third-order valence-corrected chi connectivity index (χ3v) is 8.82. The first kappa shape index (κ1) is 33.0. The van der Waals surface area contributed by atoms with Crippen LogP contribution in [0.4, 0.5) is 5.82 Å². The molecule has 13 nitrogen and oxygen atoms in total. The van der Waals surface area contributed by atoms with Crippen molar-refractivity contribution in [1.82, 2.24) is 24.2 Å². The monoisotopic (exact) mass is 605 g/mol. The summed E-state index contributed by atoms with van der Waals surface area (Å²) < 4.78 is 28.3. The van der Waals surface area contributed by atoms with Crippen LogP contribution >= 0.6 is 8.53 Å². The molecule has 1 saturated heterocycles. The van der Waals surface area contributed by atoms with Gasteiger partial charge in [0.2, 0.25) is 0 Å². The van der Waals surface area contributed by atoms with Crippen molar-refractivity contribution in [1.29, 1.82) is 5.26 Å². The number of amides is 1. The summed E-state index contributed by atoms with van der Waals surface area (Å²) in [4.78, 5) is 25.8. The van der Waals surface area contributed by atoms with Crippen LogP contribution in [-0.2, 0) is 18.5 Å². The molecule has 5 unspecified atom stereocenters. The fraction of sp³-hybridized carbons (Fsp3) is 0.519. The van der Waals surface area contributed by atoms with E-state index in [4.69, 9.17) is 39.5 Å². The second-order valence-electron chi connectivity index (χ2n) is 10.5. The number of hydrogen-bond donors (Lipinski definition) is 2. The van der Waals surface area contributed by atoms with E-state index in [9.17, 15) is 9.90 Å². The molecule has 1 amide bonds. The molecule has 3 aromatic rings. The van der Waals surface area contributed by atoms with Gasteiger partial charge in [0.05, 0.1) is 25.4 Å². The highest BCUT2D eigenvalue weighted by Gasteiger charge is 2.53. The number of aliphatic hydroxyl groups is 1.